The van der Waals surface area contributed by atoms with Gasteiger partial charge in [0.25, 0.3) is 0 Å². The zero-order valence-corrected chi connectivity index (χ0v) is 6.88. The van der Waals surface area contributed by atoms with Gasteiger partial charge in [0, 0.05) is 12.6 Å². The van der Waals surface area contributed by atoms with E-state index in [2.05, 4.69) is 18.7 Å². The largest absolute Gasteiger partial charge is 0.395 e. The molecular weight excluding hydrogens is 126 g/mol. The Labute approximate surface area is 62.8 Å². The van der Waals surface area contributed by atoms with Crippen LogP contribution in [0.25, 0.3) is 0 Å². The van der Waals surface area contributed by atoms with Crippen LogP contribution in [0, 0.1) is 5.92 Å². The van der Waals surface area contributed by atoms with Crippen LogP contribution in [0.15, 0.2) is 0 Å². The first kappa shape index (κ1) is 8.02. The maximum Gasteiger partial charge on any atom is 0.0584 e. The lowest BCUT2D eigenvalue weighted by Crippen LogP contribution is -2.33. The highest BCUT2D eigenvalue weighted by atomic mass is 16.3. The minimum atomic E-state index is 0.298. The minimum Gasteiger partial charge on any atom is -0.395 e. The average molecular weight is 143 g/mol. The van der Waals surface area contributed by atoms with Gasteiger partial charge < -0.3 is 5.11 Å². The van der Waals surface area contributed by atoms with Crippen molar-refractivity contribution in [3.05, 3.63) is 0 Å². The summed E-state index contributed by atoms with van der Waals surface area (Å²) in [7, 11) is 0. The highest BCUT2D eigenvalue weighted by molar-refractivity contribution is 4.76. The Morgan fingerprint density at radius 2 is 2.40 bits per heavy atom. The molecule has 0 bridgehead atoms. The van der Waals surface area contributed by atoms with Crippen molar-refractivity contribution in [2.75, 3.05) is 19.7 Å². The Kier molecular flexibility index (Phi) is 2.69. The van der Waals surface area contributed by atoms with Crippen LogP contribution in [0.4, 0.5) is 0 Å². The van der Waals surface area contributed by atoms with Crippen LogP contribution >= 0.6 is 0 Å². The first-order valence-corrected chi connectivity index (χ1v) is 4.09. The van der Waals surface area contributed by atoms with E-state index >= 15 is 0 Å². The normalized spacial score (nSPS) is 30.9. The third-order valence-electron chi connectivity index (χ3n) is 2.34. The van der Waals surface area contributed by atoms with E-state index in [1.54, 1.807) is 0 Å². The zero-order valence-electron chi connectivity index (χ0n) is 6.88. The van der Waals surface area contributed by atoms with Crippen LogP contribution in [-0.4, -0.2) is 35.7 Å². The fourth-order valence-electron chi connectivity index (χ4n) is 1.48. The summed E-state index contributed by atoms with van der Waals surface area (Å²) in [4.78, 5) is 2.35. The zero-order chi connectivity index (χ0) is 7.56. The van der Waals surface area contributed by atoms with Gasteiger partial charge in [-0.15, -0.1) is 0 Å². The smallest absolute Gasteiger partial charge is 0.0584 e. The van der Waals surface area contributed by atoms with Gasteiger partial charge in [-0.1, -0.05) is 6.92 Å². The molecule has 1 fully saturated rings. The molecule has 0 spiro atoms. The van der Waals surface area contributed by atoms with E-state index in [0.29, 0.717) is 12.6 Å². The standard InChI is InChI=1S/C8H17NO/c1-7-3-4-9(5-7)8(2)6-10/h7-8,10H,3-6H2,1-2H3/t7-,8?/m1/s1. The summed E-state index contributed by atoms with van der Waals surface area (Å²) in [6, 6.07) is 0.366. The van der Waals surface area contributed by atoms with E-state index in [1.165, 1.54) is 19.5 Å². The predicted molar refractivity (Wildman–Crippen MR) is 41.9 cm³/mol. The van der Waals surface area contributed by atoms with E-state index in [9.17, 15) is 0 Å². The molecule has 1 aliphatic heterocycles. The Morgan fingerprint density at radius 1 is 1.70 bits per heavy atom. The minimum absolute atomic E-state index is 0.298. The highest BCUT2D eigenvalue weighted by Crippen LogP contribution is 2.16. The Hall–Kier alpha value is -0.0800. The Balaban J connectivity index is 2.29. The van der Waals surface area contributed by atoms with E-state index in [1.807, 2.05) is 0 Å². The molecule has 1 saturated heterocycles. The maximum atomic E-state index is 8.84. The molecule has 2 nitrogen and oxygen atoms in total. The summed E-state index contributed by atoms with van der Waals surface area (Å²) < 4.78 is 0. The molecule has 1 aliphatic rings. The molecule has 0 amide bonds. The van der Waals surface area contributed by atoms with Crippen LogP contribution in [0.1, 0.15) is 20.3 Å². The summed E-state index contributed by atoms with van der Waals surface area (Å²) in [5.74, 6) is 0.828. The second-order valence-corrected chi connectivity index (χ2v) is 3.42. The molecule has 0 aromatic carbocycles. The van der Waals surface area contributed by atoms with Crippen molar-refractivity contribution in [3.63, 3.8) is 0 Å². The number of hydrogen-bond donors (Lipinski definition) is 1. The molecule has 1 rings (SSSR count). The van der Waals surface area contributed by atoms with Crippen molar-refractivity contribution in [1.82, 2.24) is 4.90 Å². The number of rotatable bonds is 2. The second-order valence-electron chi connectivity index (χ2n) is 3.42. The third kappa shape index (κ3) is 1.70. The molecule has 1 N–H and O–H groups in total. The molecule has 2 atom stereocenters. The van der Waals surface area contributed by atoms with Gasteiger partial charge in [0.15, 0.2) is 0 Å². The predicted octanol–water partition coefficient (Wildman–Crippen LogP) is 0.709. The lowest BCUT2D eigenvalue weighted by Gasteiger charge is -2.21. The summed E-state index contributed by atoms with van der Waals surface area (Å²) >= 11 is 0. The fraction of sp³-hybridized carbons (Fsp3) is 1.00. The monoisotopic (exact) mass is 143 g/mol. The van der Waals surface area contributed by atoms with Crippen LogP contribution in [0.5, 0.6) is 0 Å². The topological polar surface area (TPSA) is 23.5 Å². The lowest BCUT2D eigenvalue weighted by molar-refractivity contribution is 0.155. The maximum absolute atomic E-state index is 8.84. The molecule has 0 aromatic rings. The number of nitrogens with zero attached hydrogens (tertiary/aromatic N) is 1. The van der Waals surface area contributed by atoms with Gasteiger partial charge in [-0.2, -0.15) is 0 Å². The number of hydrogen-bond acceptors (Lipinski definition) is 2. The fourth-order valence-corrected chi connectivity index (χ4v) is 1.48. The van der Waals surface area contributed by atoms with Gasteiger partial charge in [-0.25, -0.2) is 0 Å². The summed E-state index contributed by atoms with van der Waals surface area (Å²) in [5.41, 5.74) is 0. The molecule has 1 heterocycles. The molecule has 0 aromatic heterocycles. The van der Waals surface area contributed by atoms with Gasteiger partial charge >= 0.3 is 0 Å². The molecule has 10 heavy (non-hydrogen) atoms. The Bertz CT molecular complexity index is 105. The molecule has 0 aliphatic carbocycles. The van der Waals surface area contributed by atoms with Crippen molar-refractivity contribution in [2.45, 2.75) is 26.3 Å². The number of aliphatic hydroxyl groups is 1. The van der Waals surface area contributed by atoms with Gasteiger partial charge in [-0.05, 0) is 25.8 Å². The van der Waals surface area contributed by atoms with E-state index < -0.39 is 0 Å². The Morgan fingerprint density at radius 3 is 2.80 bits per heavy atom. The molecule has 60 valence electrons. The molecule has 0 saturated carbocycles. The van der Waals surface area contributed by atoms with Gasteiger partial charge in [0.05, 0.1) is 6.61 Å². The molecule has 1 unspecified atom stereocenters. The summed E-state index contributed by atoms with van der Waals surface area (Å²) in [5, 5.41) is 8.84. The van der Waals surface area contributed by atoms with Crippen molar-refractivity contribution in [2.24, 2.45) is 5.92 Å². The first-order valence-electron chi connectivity index (χ1n) is 4.09. The van der Waals surface area contributed by atoms with Crippen molar-refractivity contribution in [1.29, 1.82) is 0 Å². The summed E-state index contributed by atoms with van der Waals surface area (Å²) in [6.07, 6.45) is 1.30. The lowest BCUT2D eigenvalue weighted by atomic mass is 10.2. The molecule has 2 heteroatoms. The van der Waals surface area contributed by atoms with E-state index in [0.717, 1.165) is 5.92 Å². The SMILES string of the molecule is CC(CO)N1CC[C@@H](C)C1. The van der Waals surface area contributed by atoms with Crippen LogP contribution in [0.2, 0.25) is 0 Å². The van der Waals surface area contributed by atoms with Gasteiger partial charge in [0.2, 0.25) is 0 Å². The van der Waals surface area contributed by atoms with Crippen molar-refractivity contribution >= 4 is 0 Å². The van der Waals surface area contributed by atoms with Crippen molar-refractivity contribution in [3.8, 4) is 0 Å². The van der Waals surface area contributed by atoms with E-state index in [-0.39, 0.29) is 0 Å². The van der Waals surface area contributed by atoms with Crippen molar-refractivity contribution < 1.29 is 5.11 Å². The average Bonchev–Trinajstić information content (AvgIpc) is 2.34. The van der Waals surface area contributed by atoms with Crippen LogP contribution in [-0.2, 0) is 0 Å². The number of likely N-dealkylation sites (tertiary alicyclic amines) is 1. The van der Waals surface area contributed by atoms with Gasteiger partial charge in [-0.3, -0.25) is 4.90 Å². The molecular formula is C8H17NO. The van der Waals surface area contributed by atoms with Gasteiger partial charge in [0.1, 0.15) is 0 Å². The highest BCUT2D eigenvalue weighted by Gasteiger charge is 2.21. The quantitative estimate of drug-likeness (QED) is 0.615. The van der Waals surface area contributed by atoms with Crippen LogP contribution < -0.4 is 0 Å². The first-order chi connectivity index (χ1) is 4.74. The summed E-state index contributed by atoms with van der Waals surface area (Å²) in [6.45, 7) is 6.99. The molecule has 0 radical (unpaired) electrons. The number of aliphatic hydroxyl groups excluding tert-OH is 1. The third-order valence-corrected chi connectivity index (χ3v) is 2.34. The van der Waals surface area contributed by atoms with E-state index in [4.69, 9.17) is 5.11 Å². The van der Waals surface area contributed by atoms with Crippen LogP contribution in [0.3, 0.4) is 0 Å². The second kappa shape index (κ2) is 3.35.